The molecule has 0 N–H and O–H groups in total. The van der Waals surface area contributed by atoms with Crippen LogP contribution in [0.25, 0.3) is 0 Å². The molecule has 1 atom stereocenters. The predicted octanol–water partition coefficient (Wildman–Crippen LogP) is 6.68. The van der Waals surface area contributed by atoms with Crippen molar-refractivity contribution in [1.82, 2.24) is 0 Å². The molecule has 1 rings (SSSR count). The summed E-state index contributed by atoms with van der Waals surface area (Å²) in [4.78, 5) is 0. The fraction of sp³-hybridized carbons (Fsp3) is 1.00. The van der Waals surface area contributed by atoms with Gasteiger partial charge in [-0.25, -0.2) is 0 Å². The van der Waals surface area contributed by atoms with E-state index in [4.69, 9.17) is 4.43 Å². The highest BCUT2D eigenvalue weighted by molar-refractivity contribution is 6.73. The molecular weight excluding hydrogens is 260 g/mol. The molecule has 1 saturated heterocycles. The third kappa shape index (κ3) is 8.46. The van der Waals surface area contributed by atoms with Gasteiger partial charge in [-0.05, 0) is 32.0 Å². The molecule has 0 aromatic carbocycles. The molecule has 120 valence electrons. The first-order valence-corrected chi connectivity index (χ1v) is 12.2. The molecule has 1 aliphatic heterocycles. The van der Waals surface area contributed by atoms with E-state index in [9.17, 15) is 0 Å². The summed E-state index contributed by atoms with van der Waals surface area (Å²) in [6.07, 6.45) is 17.5. The van der Waals surface area contributed by atoms with Crippen LogP contribution in [-0.4, -0.2) is 14.4 Å². The van der Waals surface area contributed by atoms with Gasteiger partial charge in [0, 0.05) is 6.10 Å². The summed E-state index contributed by atoms with van der Waals surface area (Å²) in [7, 11) is -1.24. The van der Waals surface area contributed by atoms with Crippen LogP contribution in [0.1, 0.15) is 90.9 Å². The molecule has 1 heterocycles. The van der Waals surface area contributed by atoms with Crippen molar-refractivity contribution in [2.45, 2.75) is 116 Å². The van der Waals surface area contributed by atoms with Gasteiger partial charge in [0.15, 0.2) is 8.32 Å². The first-order valence-electron chi connectivity index (χ1n) is 9.34. The Labute approximate surface area is 129 Å². The Hall–Kier alpha value is 0.177. The molecule has 0 bridgehead atoms. The number of rotatable bonds is 12. The van der Waals surface area contributed by atoms with Gasteiger partial charge in [-0.3, -0.25) is 0 Å². The Bertz CT molecular complexity index is 223. The van der Waals surface area contributed by atoms with Crippen molar-refractivity contribution >= 4 is 8.32 Å². The van der Waals surface area contributed by atoms with Crippen LogP contribution < -0.4 is 0 Å². The average Bonchev–Trinajstić information content (AvgIpc) is 2.83. The lowest BCUT2D eigenvalue weighted by atomic mass is 10.1. The van der Waals surface area contributed by atoms with Gasteiger partial charge >= 0.3 is 0 Å². The van der Waals surface area contributed by atoms with E-state index in [0.717, 1.165) is 0 Å². The lowest BCUT2D eigenvalue weighted by Crippen LogP contribution is -2.34. The smallest absolute Gasteiger partial charge is 0.190 e. The van der Waals surface area contributed by atoms with Gasteiger partial charge in [0.1, 0.15) is 0 Å². The minimum Gasteiger partial charge on any atom is -0.414 e. The second-order valence-electron chi connectivity index (χ2n) is 7.20. The summed E-state index contributed by atoms with van der Waals surface area (Å²) in [5, 5.41) is 0. The summed E-state index contributed by atoms with van der Waals surface area (Å²) < 4.78 is 6.41. The van der Waals surface area contributed by atoms with Crippen molar-refractivity contribution in [1.29, 1.82) is 0 Å². The van der Waals surface area contributed by atoms with Crippen molar-refractivity contribution in [3.63, 3.8) is 0 Å². The fourth-order valence-electron chi connectivity index (χ4n) is 3.53. The second-order valence-corrected chi connectivity index (χ2v) is 11.3. The van der Waals surface area contributed by atoms with Gasteiger partial charge in [-0.15, -0.1) is 0 Å². The molecule has 1 aliphatic rings. The van der Waals surface area contributed by atoms with E-state index in [0.29, 0.717) is 6.10 Å². The van der Waals surface area contributed by atoms with Crippen molar-refractivity contribution < 1.29 is 4.43 Å². The van der Waals surface area contributed by atoms with E-state index in [-0.39, 0.29) is 0 Å². The van der Waals surface area contributed by atoms with Crippen LogP contribution in [0, 0.1) is 0 Å². The van der Waals surface area contributed by atoms with Crippen LogP contribution >= 0.6 is 0 Å². The van der Waals surface area contributed by atoms with E-state index in [1.54, 1.807) is 0 Å². The molecule has 20 heavy (non-hydrogen) atoms. The lowest BCUT2D eigenvalue weighted by molar-refractivity contribution is 0.195. The molecular formula is C18H38OSi. The van der Waals surface area contributed by atoms with Crippen LogP contribution in [0.4, 0.5) is 0 Å². The number of unbranched alkanes of at least 4 members (excludes halogenated alkanes) is 8. The number of hydrogen-bond donors (Lipinski definition) is 0. The Morgan fingerprint density at radius 3 is 1.90 bits per heavy atom. The minimum absolute atomic E-state index is 0.523. The third-order valence-corrected chi connectivity index (χ3v) is 8.66. The predicted molar refractivity (Wildman–Crippen MR) is 92.9 cm³/mol. The molecule has 1 nitrogen and oxygen atoms in total. The summed E-state index contributed by atoms with van der Waals surface area (Å²) in [5.41, 5.74) is 0. The van der Waals surface area contributed by atoms with Gasteiger partial charge in [-0.2, -0.15) is 0 Å². The Balaban J connectivity index is 1.88. The molecule has 0 amide bonds. The van der Waals surface area contributed by atoms with Gasteiger partial charge in [0.05, 0.1) is 0 Å². The largest absolute Gasteiger partial charge is 0.414 e. The highest BCUT2D eigenvalue weighted by Gasteiger charge is 2.34. The molecule has 1 unspecified atom stereocenters. The van der Waals surface area contributed by atoms with E-state index >= 15 is 0 Å². The van der Waals surface area contributed by atoms with Crippen LogP contribution in [0.3, 0.4) is 0 Å². The molecule has 2 heteroatoms. The molecule has 0 saturated carbocycles. The average molecular weight is 299 g/mol. The van der Waals surface area contributed by atoms with Gasteiger partial charge in [0.25, 0.3) is 0 Å². The number of hydrogen-bond acceptors (Lipinski definition) is 1. The summed E-state index contributed by atoms with van der Waals surface area (Å²) >= 11 is 0. The molecule has 0 aliphatic carbocycles. The first kappa shape index (κ1) is 18.2. The third-order valence-electron chi connectivity index (χ3n) is 4.86. The zero-order valence-corrected chi connectivity index (χ0v) is 15.4. The van der Waals surface area contributed by atoms with Crippen LogP contribution in [0.5, 0.6) is 0 Å². The monoisotopic (exact) mass is 298 g/mol. The van der Waals surface area contributed by atoms with Crippen molar-refractivity contribution in [3.8, 4) is 0 Å². The van der Waals surface area contributed by atoms with E-state index in [1.807, 2.05) is 0 Å². The van der Waals surface area contributed by atoms with Crippen LogP contribution in [0.2, 0.25) is 18.6 Å². The van der Waals surface area contributed by atoms with Crippen LogP contribution in [-0.2, 0) is 4.43 Å². The summed E-state index contributed by atoms with van der Waals surface area (Å²) in [5.74, 6) is 0. The Morgan fingerprint density at radius 1 is 0.850 bits per heavy atom. The molecule has 0 aromatic rings. The zero-order chi connectivity index (χ0) is 14.7. The maximum atomic E-state index is 6.41. The van der Waals surface area contributed by atoms with Crippen molar-refractivity contribution in [3.05, 3.63) is 0 Å². The van der Waals surface area contributed by atoms with E-state index in [1.165, 1.54) is 89.1 Å². The Morgan fingerprint density at radius 2 is 1.35 bits per heavy atom. The highest BCUT2D eigenvalue weighted by atomic mass is 28.4. The normalized spacial score (nSPS) is 19.4. The first-order chi connectivity index (χ1) is 9.66. The van der Waals surface area contributed by atoms with Crippen LogP contribution in [0.15, 0.2) is 0 Å². The quantitative estimate of drug-likeness (QED) is 0.288. The SMILES string of the molecule is CCCCCCCCCCCC(C)O[Si]1(C)CCCC1. The maximum Gasteiger partial charge on any atom is 0.190 e. The molecule has 0 spiro atoms. The zero-order valence-electron chi connectivity index (χ0n) is 14.4. The minimum atomic E-state index is -1.24. The topological polar surface area (TPSA) is 9.23 Å². The standard InChI is InChI=1S/C18H38OSi/c1-4-5-6-7-8-9-10-11-12-15-18(2)19-20(3)16-13-14-17-20/h18H,4-17H2,1-3H3. The highest BCUT2D eigenvalue weighted by Crippen LogP contribution is 2.32. The van der Waals surface area contributed by atoms with Gasteiger partial charge in [0.2, 0.25) is 0 Å². The lowest BCUT2D eigenvalue weighted by Gasteiger charge is -2.26. The molecule has 0 aromatic heterocycles. The molecule has 0 radical (unpaired) electrons. The van der Waals surface area contributed by atoms with Crippen molar-refractivity contribution in [2.75, 3.05) is 0 Å². The summed E-state index contributed by atoms with van der Waals surface area (Å²) in [6, 6.07) is 2.82. The fourth-order valence-corrected chi connectivity index (χ4v) is 7.10. The van der Waals surface area contributed by atoms with Crippen molar-refractivity contribution in [2.24, 2.45) is 0 Å². The van der Waals surface area contributed by atoms with Gasteiger partial charge < -0.3 is 4.43 Å². The second kappa shape index (κ2) is 10.8. The van der Waals surface area contributed by atoms with Gasteiger partial charge in [-0.1, -0.05) is 77.6 Å². The van der Waals surface area contributed by atoms with E-state index < -0.39 is 8.32 Å². The maximum absolute atomic E-state index is 6.41. The molecule has 1 fully saturated rings. The van der Waals surface area contributed by atoms with E-state index in [2.05, 4.69) is 20.4 Å². The summed E-state index contributed by atoms with van der Waals surface area (Å²) in [6.45, 7) is 7.05. The Kier molecular flexibility index (Phi) is 9.88.